The minimum Gasteiger partial charge on any atom is -0.465 e. The van der Waals surface area contributed by atoms with Crippen LogP contribution in [0.1, 0.15) is 32.4 Å². The molecule has 17 heavy (non-hydrogen) atoms. The van der Waals surface area contributed by atoms with Gasteiger partial charge < -0.3 is 10.1 Å². The Labute approximate surface area is 102 Å². The molecule has 5 nitrogen and oxygen atoms in total. The number of rotatable bonds is 6. The van der Waals surface area contributed by atoms with E-state index in [9.17, 15) is 4.79 Å². The zero-order chi connectivity index (χ0) is 12.8. The van der Waals surface area contributed by atoms with Crippen molar-refractivity contribution in [3.05, 3.63) is 18.0 Å². The number of carbonyl (C=O) groups excluding carboxylic acids is 1. The summed E-state index contributed by atoms with van der Waals surface area (Å²) in [7, 11) is 1.83. The standard InChI is InChI=1S/C12H21N3O2/c1-5-17-12(16)11(13-6-9(2)3)10-7-14-15(4)8-10/h7-9,11,13H,5-6H2,1-4H3. The third-order valence-electron chi connectivity index (χ3n) is 2.31. The minimum absolute atomic E-state index is 0.249. The van der Waals surface area contributed by atoms with Gasteiger partial charge in [0.2, 0.25) is 0 Å². The highest BCUT2D eigenvalue weighted by molar-refractivity contribution is 5.77. The summed E-state index contributed by atoms with van der Waals surface area (Å²) in [6, 6.07) is -0.425. The molecule has 1 rings (SSSR count). The summed E-state index contributed by atoms with van der Waals surface area (Å²) < 4.78 is 6.74. The van der Waals surface area contributed by atoms with Crippen molar-refractivity contribution in [1.82, 2.24) is 15.1 Å². The van der Waals surface area contributed by atoms with Crippen LogP contribution in [0, 0.1) is 5.92 Å². The Morgan fingerprint density at radius 2 is 2.29 bits per heavy atom. The van der Waals surface area contributed by atoms with Gasteiger partial charge in [-0.3, -0.25) is 4.68 Å². The lowest BCUT2D eigenvalue weighted by molar-refractivity contribution is -0.145. The molecule has 1 heterocycles. The molecule has 0 saturated carbocycles. The van der Waals surface area contributed by atoms with Gasteiger partial charge >= 0.3 is 5.97 Å². The maximum atomic E-state index is 11.8. The summed E-state index contributed by atoms with van der Waals surface area (Å²) in [5, 5.41) is 7.28. The Bertz CT molecular complexity index is 360. The average Bonchev–Trinajstić information content (AvgIpc) is 2.65. The number of hydrogen-bond donors (Lipinski definition) is 1. The van der Waals surface area contributed by atoms with Crippen LogP contribution in [0.5, 0.6) is 0 Å². The van der Waals surface area contributed by atoms with Crippen LogP contribution in [0.25, 0.3) is 0 Å². The van der Waals surface area contributed by atoms with Gasteiger partial charge in [-0.2, -0.15) is 5.10 Å². The summed E-state index contributed by atoms with van der Waals surface area (Å²) in [4.78, 5) is 11.8. The highest BCUT2D eigenvalue weighted by atomic mass is 16.5. The first-order chi connectivity index (χ1) is 8.04. The molecule has 0 saturated heterocycles. The smallest absolute Gasteiger partial charge is 0.327 e. The fraction of sp³-hybridized carbons (Fsp3) is 0.667. The Balaban J connectivity index is 2.74. The number of nitrogens with one attached hydrogen (secondary N) is 1. The van der Waals surface area contributed by atoms with Gasteiger partial charge in [0.25, 0.3) is 0 Å². The molecule has 0 aliphatic carbocycles. The van der Waals surface area contributed by atoms with Crippen molar-refractivity contribution in [2.45, 2.75) is 26.8 Å². The lowest BCUT2D eigenvalue weighted by Crippen LogP contribution is -2.32. The van der Waals surface area contributed by atoms with Crippen molar-refractivity contribution in [3.8, 4) is 0 Å². The van der Waals surface area contributed by atoms with Crippen molar-refractivity contribution in [2.24, 2.45) is 13.0 Å². The fourth-order valence-corrected chi connectivity index (χ4v) is 1.51. The number of hydrogen-bond acceptors (Lipinski definition) is 4. The SMILES string of the molecule is CCOC(=O)C(NCC(C)C)c1cnn(C)c1. The van der Waals surface area contributed by atoms with Gasteiger partial charge in [0.15, 0.2) is 0 Å². The maximum absolute atomic E-state index is 11.8. The second kappa shape index (κ2) is 6.39. The number of aromatic nitrogens is 2. The second-order valence-corrected chi connectivity index (χ2v) is 4.43. The first-order valence-corrected chi connectivity index (χ1v) is 5.93. The fourth-order valence-electron chi connectivity index (χ4n) is 1.51. The first kappa shape index (κ1) is 13.7. The average molecular weight is 239 g/mol. The predicted molar refractivity (Wildman–Crippen MR) is 65.4 cm³/mol. The monoisotopic (exact) mass is 239 g/mol. The molecule has 0 amide bonds. The molecule has 96 valence electrons. The van der Waals surface area contributed by atoms with Crippen LogP contribution in [0.15, 0.2) is 12.4 Å². The molecule has 0 bridgehead atoms. The van der Waals surface area contributed by atoms with Crippen molar-refractivity contribution in [2.75, 3.05) is 13.2 Å². The van der Waals surface area contributed by atoms with Crippen molar-refractivity contribution in [1.29, 1.82) is 0 Å². The highest BCUT2D eigenvalue weighted by Gasteiger charge is 2.22. The Morgan fingerprint density at radius 1 is 1.59 bits per heavy atom. The Hall–Kier alpha value is -1.36. The van der Waals surface area contributed by atoms with Crippen LogP contribution < -0.4 is 5.32 Å². The van der Waals surface area contributed by atoms with Crippen LogP contribution in [-0.2, 0) is 16.6 Å². The molecule has 0 aliphatic rings. The van der Waals surface area contributed by atoms with Crippen molar-refractivity contribution < 1.29 is 9.53 Å². The lowest BCUT2D eigenvalue weighted by Gasteiger charge is -2.17. The van der Waals surface area contributed by atoms with Crippen molar-refractivity contribution in [3.63, 3.8) is 0 Å². The van der Waals surface area contributed by atoms with Gasteiger partial charge in [-0.1, -0.05) is 13.8 Å². The molecule has 1 N–H and O–H groups in total. The van der Waals surface area contributed by atoms with E-state index in [4.69, 9.17) is 4.74 Å². The maximum Gasteiger partial charge on any atom is 0.327 e. The summed E-state index contributed by atoms with van der Waals surface area (Å²) in [5.74, 6) is 0.227. The first-order valence-electron chi connectivity index (χ1n) is 5.93. The summed E-state index contributed by atoms with van der Waals surface area (Å²) >= 11 is 0. The van der Waals surface area contributed by atoms with E-state index in [1.807, 2.05) is 13.2 Å². The molecule has 5 heteroatoms. The molecular formula is C12H21N3O2. The van der Waals surface area contributed by atoms with Crippen LogP contribution in [0.3, 0.4) is 0 Å². The van der Waals surface area contributed by atoms with Crippen LogP contribution in [0.4, 0.5) is 0 Å². The van der Waals surface area contributed by atoms with Crippen LogP contribution in [-0.4, -0.2) is 28.9 Å². The predicted octanol–water partition coefficient (Wildman–Crippen LogP) is 1.27. The van der Waals surface area contributed by atoms with E-state index in [0.717, 1.165) is 12.1 Å². The van der Waals surface area contributed by atoms with E-state index in [1.165, 1.54) is 0 Å². The summed E-state index contributed by atoms with van der Waals surface area (Å²) in [6.45, 7) is 7.15. The number of ether oxygens (including phenoxy) is 1. The zero-order valence-corrected chi connectivity index (χ0v) is 10.9. The van der Waals surface area contributed by atoms with E-state index >= 15 is 0 Å². The van der Waals surface area contributed by atoms with E-state index in [-0.39, 0.29) is 5.97 Å². The topological polar surface area (TPSA) is 56.1 Å². The molecular weight excluding hydrogens is 218 g/mol. The normalized spacial score (nSPS) is 12.8. The van der Waals surface area contributed by atoms with E-state index in [1.54, 1.807) is 17.8 Å². The number of nitrogens with zero attached hydrogens (tertiary/aromatic N) is 2. The van der Waals surface area contributed by atoms with Gasteiger partial charge in [-0.05, 0) is 19.4 Å². The number of aryl methyl sites for hydroxylation is 1. The zero-order valence-electron chi connectivity index (χ0n) is 10.9. The van der Waals surface area contributed by atoms with Crippen LogP contribution >= 0.6 is 0 Å². The van der Waals surface area contributed by atoms with Gasteiger partial charge in [0, 0.05) is 18.8 Å². The van der Waals surface area contributed by atoms with Gasteiger partial charge in [0.1, 0.15) is 6.04 Å². The quantitative estimate of drug-likeness (QED) is 0.760. The lowest BCUT2D eigenvalue weighted by atomic mass is 10.1. The van der Waals surface area contributed by atoms with Crippen molar-refractivity contribution >= 4 is 5.97 Å². The number of esters is 1. The minimum atomic E-state index is -0.425. The molecule has 0 fully saturated rings. The van der Waals surface area contributed by atoms with Crippen LogP contribution in [0.2, 0.25) is 0 Å². The second-order valence-electron chi connectivity index (χ2n) is 4.43. The van der Waals surface area contributed by atoms with Gasteiger partial charge in [-0.25, -0.2) is 4.79 Å². The van der Waals surface area contributed by atoms with Gasteiger partial charge in [-0.15, -0.1) is 0 Å². The summed E-state index contributed by atoms with van der Waals surface area (Å²) in [6.07, 6.45) is 3.52. The third kappa shape index (κ3) is 4.19. The highest BCUT2D eigenvalue weighted by Crippen LogP contribution is 2.14. The molecule has 0 aromatic carbocycles. The third-order valence-corrected chi connectivity index (χ3v) is 2.31. The van der Waals surface area contributed by atoms with E-state index < -0.39 is 6.04 Å². The number of carbonyl (C=O) groups is 1. The summed E-state index contributed by atoms with van der Waals surface area (Å²) in [5.41, 5.74) is 0.839. The molecule has 1 atom stereocenters. The van der Waals surface area contributed by atoms with E-state index in [2.05, 4.69) is 24.3 Å². The molecule has 0 spiro atoms. The molecule has 1 aromatic rings. The van der Waals surface area contributed by atoms with Gasteiger partial charge in [0.05, 0.1) is 12.8 Å². The molecule has 0 aliphatic heterocycles. The Morgan fingerprint density at radius 3 is 2.76 bits per heavy atom. The Kier molecular flexibility index (Phi) is 5.15. The molecule has 1 aromatic heterocycles. The molecule has 0 radical (unpaired) electrons. The van der Waals surface area contributed by atoms with E-state index in [0.29, 0.717) is 12.5 Å². The molecule has 1 unspecified atom stereocenters. The largest absolute Gasteiger partial charge is 0.465 e.